The Kier molecular flexibility index (Phi) is 5.34. The van der Waals surface area contributed by atoms with E-state index in [9.17, 15) is 14.4 Å². The van der Waals surface area contributed by atoms with Crippen LogP contribution in [0.5, 0.6) is 0 Å². The van der Waals surface area contributed by atoms with Crippen molar-refractivity contribution in [3.63, 3.8) is 0 Å². The number of carbonyl (C=O) groups excluding carboxylic acids is 3. The zero-order valence-corrected chi connectivity index (χ0v) is 19.6. The van der Waals surface area contributed by atoms with E-state index in [1.54, 1.807) is 6.92 Å². The van der Waals surface area contributed by atoms with Gasteiger partial charge in [0.25, 0.3) is 0 Å². The number of fused-ring (bicyclic) bond motifs is 5. The van der Waals surface area contributed by atoms with Crippen LogP contribution in [0.1, 0.15) is 82.5 Å². The van der Waals surface area contributed by atoms with Gasteiger partial charge in [-0.25, -0.2) is 4.79 Å². The van der Waals surface area contributed by atoms with E-state index >= 15 is 0 Å². The van der Waals surface area contributed by atoms with Crippen LogP contribution in [0.15, 0.2) is 30.3 Å². The van der Waals surface area contributed by atoms with Gasteiger partial charge in [0, 0.05) is 24.7 Å². The van der Waals surface area contributed by atoms with E-state index in [0.717, 1.165) is 38.5 Å². The van der Waals surface area contributed by atoms with E-state index in [1.165, 1.54) is 0 Å². The van der Waals surface area contributed by atoms with Gasteiger partial charge >= 0.3 is 5.97 Å². The summed E-state index contributed by atoms with van der Waals surface area (Å²) in [6.07, 6.45) is 7.00. The Bertz CT molecular complexity index is 923. The summed E-state index contributed by atoms with van der Waals surface area (Å²) in [4.78, 5) is 38.0. The summed E-state index contributed by atoms with van der Waals surface area (Å²) in [6, 6.07) is 9.25. The maximum Gasteiger partial charge on any atom is 0.338 e. The molecular weight excluding hydrogens is 400 g/mol. The van der Waals surface area contributed by atoms with E-state index in [4.69, 9.17) is 4.74 Å². The van der Waals surface area contributed by atoms with Gasteiger partial charge in [-0.3, -0.25) is 9.59 Å². The molecule has 32 heavy (non-hydrogen) atoms. The number of hydrogen-bond acceptors (Lipinski definition) is 4. The highest BCUT2D eigenvalue weighted by molar-refractivity contribution is 5.89. The largest absolute Gasteiger partial charge is 0.458 e. The molecule has 1 aromatic rings. The number of rotatable bonds is 3. The van der Waals surface area contributed by atoms with Crippen LogP contribution >= 0.6 is 0 Å². The first-order valence-corrected chi connectivity index (χ1v) is 12.5. The molecule has 0 spiro atoms. The Labute approximate surface area is 191 Å². The monoisotopic (exact) mass is 436 g/mol. The van der Waals surface area contributed by atoms with Crippen LogP contribution in [-0.2, 0) is 14.3 Å². The average molecular weight is 437 g/mol. The SMILES string of the molecule is CC(=O)[C@H]1CC[C@H]2[C@@H]3[C@H](OC(=O)c4ccccc4)C[C@@H]4CC(=O)CC[C@]4(C)[C@H]3CC[C@]12C. The molecule has 4 fully saturated rings. The molecule has 0 aromatic heterocycles. The minimum absolute atomic E-state index is 0.00190. The lowest BCUT2D eigenvalue weighted by atomic mass is 9.44. The van der Waals surface area contributed by atoms with E-state index in [1.807, 2.05) is 30.3 Å². The van der Waals surface area contributed by atoms with Crippen molar-refractivity contribution < 1.29 is 19.1 Å². The smallest absolute Gasteiger partial charge is 0.338 e. The zero-order chi connectivity index (χ0) is 22.7. The van der Waals surface area contributed by atoms with Gasteiger partial charge < -0.3 is 4.74 Å². The molecule has 5 rings (SSSR count). The van der Waals surface area contributed by atoms with Crippen LogP contribution in [0.2, 0.25) is 0 Å². The molecule has 4 heteroatoms. The number of carbonyl (C=O) groups is 3. The second-order valence-electron chi connectivity index (χ2n) is 11.6. The number of ketones is 2. The molecule has 0 amide bonds. The summed E-state index contributed by atoms with van der Waals surface area (Å²) in [5, 5.41) is 0. The number of ether oxygens (including phenoxy) is 1. The van der Waals surface area contributed by atoms with Crippen molar-refractivity contribution >= 4 is 17.5 Å². The fourth-order valence-corrected chi connectivity index (χ4v) is 8.56. The lowest BCUT2D eigenvalue weighted by Gasteiger charge is -2.61. The van der Waals surface area contributed by atoms with Crippen molar-refractivity contribution in [3.05, 3.63) is 35.9 Å². The highest BCUT2D eigenvalue weighted by Crippen LogP contribution is 2.67. The minimum atomic E-state index is -0.256. The fourth-order valence-electron chi connectivity index (χ4n) is 8.56. The first-order valence-electron chi connectivity index (χ1n) is 12.5. The molecule has 4 aliphatic rings. The third-order valence-corrected chi connectivity index (χ3v) is 10.2. The van der Waals surface area contributed by atoms with Crippen LogP contribution in [0.25, 0.3) is 0 Å². The third-order valence-electron chi connectivity index (χ3n) is 10.2. The summed E-state index contributed by atoms with van der Waals surface area (Å²) in [7, 11) is 0. The van der Waals surface area contributed by atoms with Gasteiger partial charge in [-0.2, -0.15) is 0 Å². The van der Waals surface area contributed by atoms with E-state index in [2.05, 4.69) is 13.8 Å². The molecule has 0 unspecified atom stereocenters. The molecule has 1 aromatic carbocycles. The molecule has 0 heterocycles. The Balaban J connectivity index is 1.50. The minimum Gasteiger partial charge on any atom is -0.458 e. The average Bonchev–Trinajstić information content (AvgIpc) is 3.13. The van der Waals surface area contributed by atoms with Crippen LogP contribution < -0.4 is 0 Å². The molecule has 0 aliphatic heterocycles. The summed E-state index contributed by atoms with van der Waals surface area (Å²) < 4.78 is 6.29. The van der Waals surface area contributed by atoms with Gasteiger partial charge in [-0.1, -0.05) is 32.0 Å². The predicted molar refractivity (Wildman–Crippen MR) is 122 cm³/mol. The number of benzene rings is 1. The Hall–Kier alpha value is -1.97. The van der Waals surface area contributed by atoms with Crippen molar-refractivity contribution in [3.8, 4) is 0 Å². The number of Topliss-reactive ketones (excluding diaryl/α,β-unsaturated/α-hetero) is 2. The number of hydrogen-bond donors (Lipinski definition) is 0. The van der Waals surface area contributed by atoms with Gasteiger partial charge in [0.05, 0.1) is 5.56 Å². The van der Waals surface area contributed by atoms with Crippen molar-refractivity contribution in [2.75, 3.05) is 0 Å². The molecule has 4 nitrogen and oxygen atoms in total. The zero-order valence-electron chi connectivity index (χ0n) is 19.6. The van der Waals surface area contributed by atoms with Gasteiger partial charge in [0.15, 0.2) is 0 Å². The summed E-state index contributed by atoms with van der Waals surface area (Å²) in [5.41, 5.74) is 0.714. The van der Waals surface area contributed by atoms with Gasteiger partial charge in [-0.05, 0) is 86.2 Å². The normalized spacial score (nSPS) is 43.0. The molecule has 0 radical (unpaired) electrons. The first kappa shape index (κ1) is 21.9. The van der Waals surface area contributed by atoms with Crippen molar-refractivity contribution in [1.82, 2.24) is 0 Å². The Morgan fingerprint density at radius 3 is 2.41 bits per heavy atom. The predicted octanol–water partition coefficient (Wildman–Crippen LogP) is 5.64. The lowest BCUT2D eigenvalue weighted by Crippen LogP contribution is -2.59. The van der Waals surface area contributed by atoms with Gasteiger partial charge in [-0.15, -0.1) is 0 Å². The third kappa shape index (κ3) is 3.28. The van der Waals surface area contributed by atoms with E-state index in [-0.39, 0.29) is 40.7 Å². The topological polar surface area (TPSA) is 60.4 Å². The Morgan fingerprint density at radius 2 is 1.69 bits per heavy atom. The van der Waals surface area contributed by atoms with Crippen LogP contribution in [0.4, 0.5) is 0 Å². The molecular formula is C28H36O4. The quantitative estimate of drug-likeness (QED) is 0.576. The second kappa shape index (κ2) is 7.81. The van der Waals surface area contributed by atoms with Crippen molar-refractivity contribution in [1.29, 1.82) is 0 Å². The van der Waals surface area contributed by atoms with E-state index in [0.29, 0.717) is 41.8 Å². The van der Waals surface area contributed by atoms with Crippen molar-refractivity contribution in [2.24, 2.45) is 40.4 Å². The second-order valence-corrected chi connectivity index (χ2v) is 11.6. The highest BCUT2D eigenvalue weighted by atomic mass is 16.5. The molecule has 8 atom stereocenters. The maximum absolute atomic E-state index is 13.1. The van der Waals surface area contributed by atoms with Gasteiger partial charge in [0.2, 0.25) is 0 Å². The summed E-state index contributed by atoms with van der Waals surface area (Å²) in [6.45, 7) is 6.47. The Morgan fingerprint density at radius 1 is 0.969 bits per heavy atom. The number of esters is 1. The molecule has 4 aliphatic carbocycles. The first-order chi connectivity index (χ1) is 15.2. The van der Waals surface area contributed by atoms with E-state index < -0.39 is 0 Å². The van der Waals surface area contributed by atoms with Crippen molar-refractivity contribution in [2.45, 2.75) is 78.2 Å². The molecule has 0 saturated heterocycles. The molecule has 4 saturated carbocycles. The summed E-state index contributed by atoms with van der Waals surface area (Å²) >= 11 is 0. The molecule has 172 valence electrons. The summed E-state index contributed by atoms with van der Waals surface area (Å²) in [5.74, 6) is 1.96. The lowest BCUT2D eigenvalue weighted by molar-refractivity contribution is -0.170. The maximum atomic E-state index is 13.1. The van der Waals surface area contributed by atoms with Crippen LogP contribution in [0.3, 0.4) is 0 Å². The molecule has 0 bridgehead atoms. The van der Waals surface area contributed by atoms with Crippen LogP contribution in [-0.4, -0.2) is 23.6 Å². The fraction of sp³-hybridized carbons (Fsp3) is 0.679. The highest BCUT2D eigenvalue weighted by Gasteiger charge is 2.64. The molecule has 0 N–H and O–H groups in total. The van der Waals surface area contributed by atoms with Crippen LogP contribution in [0, 0.1) is 40.4 Å². The van der Waals surface area contributed by atoms with Gasteiger partial charge in [0.1, 0.15) is 17.7 Å². The standard InChI is InChI=1S/C28H36O4/c1-17(29)21-9-10-22-25-23(12-14-28(21,22)3)27(2)13-11-20(30)15-19(27)16-24(25)32-26(31)18-7-5-4-6-8-18/h4-8,19,21-25H,9-16H2,1-3H3/t19-,21+,22-,23-,24+,25-,27-,28+/m0/s1.